The summed E-state index contributed by atoms with van der Waals surface area (Å²) in [6, 6.07) is 4.47. The van der Waals surface area contributed by atoms with Crippen LogP contribution in [-0.4, -0.2) is 43.8 Å². The maximum absolute atomic E-state index is 12.3. The molecule has 2 N–H and O–H groups in total. The second-order valence-corrected chi connectivity index (χ2v) is 7.10. The van der Waals surface area contributed by atoms with Gasteiger partial charge in [-0.15, -0.1) is 0 Å². The van der Waals surface area contributed by atoms with Crippen LogP contribution in [0.5, 0.6) is 5.75 Å². The number of allylic oxidation sites excluding steroid dienone is 1. The highest BCUT2D eigenvalue weighted by molar-refractivity contribution is 5.97. The van der Waals surface area contributed by atoms with Crippen molar-refractivity contribution in [2.75, 3.05) is 32.1 Å². The molecule has 162 valence electrons. The number of ether oxygens (including phenoxy) is 4. The summed E-state index contributed by atoms with van der Waals surface area (Å²) in [5.74, 6) is -0.583. The number of carbonyl (C=O) groups is 2. The van der Waals surface area contributed by atoms with Crippen molar-refractivity contribution in [2.24, 2.45) is 5.41 Å². The van der Waals surface area contributed by atoms with E-state index >= 15 is 0 Å². The van der Waals surface area contributed by atoms with Crippen molar-refractivity contribution in [3.63, 3.8) is 0 Å². The van der Waals surface area contributed by atoms with Crippen molar-refractivity contribution in [2.45, 2.75) is 40.5 Å². The molecule has 1 amide bonds. The molecule has 0 radical (unpaired) electrons. The Hall–Kier alpha value is -2.58. The number of benzene rings is 1. The number of amides is 1. The molecule has 0 saturated heterocycles. The van der Waals surface area contributed by atoms with Crippen LogP contribution in [0.3, 0.4) is 0 Å². The van der Waals surface area contributed by atoms with Crippen LogP contribution < -0.4 is 10.1 Å². The summed E-state index contributed by atoms with van der Waals surface area (Å²) in [6.45, 7) is 11.8. The highest BCUT2D eigenvalue weighted by Crippen LogP contribution is 2.26. The molecule has 1 rings (SSSR count). The summed E-state index contributed by atoms with van der Waals surface area (Å²) in [4.78, 5) is 23.8. The molecule has 8 heteroatoms. The Morgan fingerprint density at radius 2 is 1.83 bits per heavy atom. The van der Waals surface area contributed by atoms with Gasteiger partial charge in [-0.25, -0.2) is 4.79 Å². The molecule has 1 aromatic rings. The smallest absolute Gasteiger partial charge is 0.339 e. The summed E-state index contributed by atoms with van der Waals surface area (Å²) in [5.41, 5.74) is -0.204. The first kappa shape index (κ1) is 24.5. The van der Waals surface area contributed by atoms with Crippen molar-refractivity contribution in [1.29, 1.82) is 0 Å². The number of hydrogen-bond acceptors (Lipinski definition) is 6. The second kappa shape index (κ2) is 12.1. The quantitative estimate of drug-likeness (QED) is 0.272. The minimum absolute atomic E-state index is 0.0546. The molecule has 8 nitrogen and oxygen atoms in total. The summed E-state index contributed by atoms with van der Waals surface area (Å²) < 4.78 is 21.0. The number of rotatable bonds is 14. The highest BCUT2D eigenvalue weighted by atomic mass is 16.7. The monoisotopic (exact) mass is 409 g/mol. The Kier molecular flexibility index (Phi) is 10.2. The third kappa shape index (κ3) is 8.97. The summed E-state index contributed by atoms with van der Waals surface area (Å²) in [5, 5.41) is 12.2. The lowest BCUT2D eigenvalue weighted by atomic mass is 9.89. The predicted molar refractivity (Wildman–Crippen MR) is 109 cm³/mol. The molecule has 0 bridgehead atoms. The molecular formula is C21H31NO7. The van der Waals surface area contributed by atoms with Gasteiger partial charge in [0.05, 0.1) is 19.0 Å². The van der Waals surface area contributed by atoms with Crippen molar-refractivity contribution in [3.8, 4) is 5.75 Å². The van der Waals surface area contributed by atoms with Gasteiger partial charge < -0.3 is 29.4 Å². The first-order chi connectivity index (χ1) is 13.7. The van der Waals surface area contributed by atoms with Crippen molar-refractivity contribution >= 4 is 17.6 Å². The number of carboxylic acid groups (broad SMARTS) is 1. The van der Waals surface area contributed by atoms with E-state index in [1.54, 1.807) is 13.0 Å². The van der Waals surface area contributed by atoms with Crippen molar-refractivity contribution in [1.82, 2.24) is 0 Å². The average Bonchev–Trinajstić information content (AvgIpc) is 2.66. The molecule has 0 aliphatic heterocycles. The van der Waals surface area contributed by atoms with Gasteiger partial charge in [-0.2, -0.15) is 0 Å². The molecule has 0 aromatic heterocycles. The zero-order chi connectivity index (χ0) is 21.9. The zero-order valence-corrected chi connectivity index (χ0v) is 17.6. The van der Waals surface area contributed by atoms with Crippen molar-refractivity contribution in [3.05, 3.63) is 36.1 Å². The highest BCUT2D eigenvalue weighted by Gasteiger charge is 2.25. The lowest BCUT2D eigenvalue weighted by Crippen LogP contribution is -2.30. The van der Waals surface area contributed by atoms with E-state index in [0.29, 0.717) is 37.5 Å². The van der Waals surface area contributed by atoms with Gasteiger partial charge in [-0.05, 0) is 38.0 Å². The lowest BCUT2D eigenvalue weighted by Gasteiger charge is -2.21. The van der Waals surface area contributed by atoms with E-state index in [9.17, 15) is 14.7 Å². The van der Waals surface area contributed by atoms with Gasteiger partial charge in [0, 0.05) is 11.1 Å². The molecular weight excluding hydrogens is 378 g/mol. The van der Waals surface area contributed by atoms with Gasteiger partial charge in [0.15, 0.2) is 13.6 Å². The van der Waals surface area contributed by atoms with Gasteiger partial charge in [0.25, 0.3) is 0 Å². The lowest BCUT2D eigenvalue weighted by molar-refractivity contribution is -0.124. The van der Waals surface area contributed by atoms with E-state index in [2.05, 4.69) is 11.9 Å². The average molecular weight is 409 g/mol. The summed E-state index contributed by atoms with van der Waals surface area (Å²) in [7, 11) is 0. The molecule has 0 unspecified atom stereocenters. The predicted octanol–water partition coefficient (Wildman–Crippen LogP) is 4.03. The van der Waals surface area contributed by atoms with E-state index in [1.165, 1.54) is 12.1 Å². The van der Waals surface area contributed by atoms with Crippen LogP contribution in [0.1, 0.15) is 50.9 Å². The Bertz CT molecular complexity index is 700. The largest absolute Gasteiger partial charge is 0.478 e. The van der Waals surface area contributed by atoms with E-state index in [4.69, 9.17) is 18.9 Å². The van der Waals surface area contributed by atoms with Crippen LogP contribution in [0.2, 0.25) is 0 Å². The van der Waals surface area contributed by atoms with Crippen LogP contribution >= 0.6 is 0 Å². The SMILES string of the molecule is C=C(C)OCOCCCOCOc1ccc(NC(=O)C(C)(C)CC)cc1C(=O)O. The normalized spacial score (nSPS) is 11.0. The molecule has 0 atom stereocenters. The summed E-state index contributed by atoms with van der Waals surface area (Å²) >= 11 is 0. The van der Waals surface area contributed by atoms with Gasteiger partial charge >= 0.3 is 5.97 Å². The minimum Gasteiger partial charge on any atom is -0.478 e. The number of carbonyl (C=O) groups excluding carboxylic acids is 1. The Labute approximate surface area is 171 Å². The van der Waals surface area contributed by atoms with Crippen molar-refractivity contribution < 1.29 is 33.6 Å². The molecule has 0 aliphatic rings. The van der Waals surface area contributed by atoms with Gasteiger partial charge in [0.1, 0.15) is 11.3 Å². The number of carboxylic acids is 1. The first-order valence-corrected chi connectivity index (χ1v) is 9.42. The number of hydrogen-bond donors (Lipinski definition) is 2. The van der Waals surface area contributed by atoms with Crippen LogP contribution in [0.25, 0.3) is 0 Å². The minimum atomic E-state index is -1.16. The Morgan fingerprint density at radius 3 is 2.41 bits per heavy atom. The van der Waals surface area contributed by atoms with E-state index in [-0.39, 0.29) is 30.8 Å². The van der Waals surface area contributed by atoms with E-state index in [0.717, 1.165) is 0 Å². The molecule has 0 spiro atoms. The molecule has 1 aromatic carbocycles. The second-order valence-electron chi connectivity index (χ2n) is 7.10. The molecule has 29 heavy (non-hydrogen) atoms. The summed E-state index contributed by atoms with van der Waals surface area (Å²) in [6.07, 6.45) is 1.29. The standard InChI is InChI=1S/C21H31NO7/c1-6-21(4,5)20(25)22-16-8-9-18(17(12-16)19(23)24)29-14-27-11-7-10-26-13-28-15(2)3/h8-9,12H,2,6-7,10-11,13-14H2,1,3-5H3,(H,22,25)(H,23,24). The number of anilines is 1. The molecule has 0 heterocycles. The van der Waals surface area contributed by atoms with Gasteiger partial charge in [-0.1, -0.05) is 27.4 Å². The van der Waals surface area contributed by atoms with Crippen LogP contribution in [0, 0.1) is 5.41 Å². The molecule has 0 saturated carbocycles. The maximum atomic E-state index is 12.3. The molecule has 0 fully saturated rings. The van der Waals surface area contributed by atoms with E-state index in [1.807, 2.05) is 20.8 Å². The third-order valence-corrected chi connectivity index (χ3v) is 4.23. The number of aromatic carboxylic acids is 1. The third-order valence-electron chi connectivity index (χ3n) is 4.23. The fourth-order valence-corrected chi connectivity index (χ4v) is 1.99. The van der Waals surface area contributed by atoms with Gasteiger partial charge in [-0.3, -0.25) is 4.79 Å². The fourth-order valence-electron chi connectivity index (χ4n) is 1.99. The zero-order valence-electron chi connectivity index (χ0n) is 17.6. The topological polar surface area (TPSA) is 103 Å². The van der Waals surface area contributed by atoms with Crippen LogP contribution in [-0.2, 0) is 19.0 Å². The maximum Gasteiger partial charge on any atom is 0.339 e. The van der Waals surface area contributed by atoms with Gasteiger partial charge in [0.2, 0.25) is 5.91 Å². The first-order valence-electron chi connectivity index (χ1n) is 9.42. The fraction of sp³-hybridized carbons (Fsp3) is 0.524. The van der Waals surface area contributed by atoms with Crippen LogP contribution in [0.4, 0.5) is 5.69 Å². The number of nitrogens with one attached hydrogen (secondary N) is 1. The van der Waals surface area contributed by atoms with E-state index < -0.39 is 11.4 Å². The molecule has 0 aliphatic carbocycles. The Morgan fingerprint density at radius 1 is 1.17 bits per heavy atom. The Balaban J connectivity index is 2.49. The van der Waals surface area contributed by atoms with Crippen LogP contribution in [0.15, 0.2) is 30.5 Å².